The van der Waals surface area contributed by atoms with E-state index in [4.69, 9.17) is 9.72 Å². The Hall–Kier alpha value is -2.14. The van der Waals surface area contributed by atoms with Gasteiger partial charge in [-0.3, -0.25) is 14.7 Å². The van der Waals surface area contributed by atoms with Crippen LogP contribution in [0.25, 0.3) is 10.9 Å². The lowest BCUT2D eigenvalue weighted by molar-refractivity contribution is -0.143. The average Bonchev–Trinajstić information content (AvgIpc) is 3.08. The Kier molecular flexibility index (Phi) is 4.34. The third kappa shape index (κ3) is 3.09. The molecule has 2 aliphatic rings. The van der Waals surface area contributed by atoms with E-state index < -0.39 is 0 Å². The van der Waals surface area contributed by atoms with Crippen molar-refractivity contribution < 1.29 is 9.53 Å². The van der Waals surface area contributed by atoms with E-state index in [2.05, 4.69) is 21.9 Å². The normalized spacial score (nSPS) is 23.9. The number of piperazine rings is 1. The van der Waals surface area contributed by atoms with Crippen molar-refractivity contribution in [1.29, 1.82) is 0 Å². The number of pyridine rings is 1. The van der Waals surface area contributed by atoms with Gasteiger partial charge in [0.2, 0.25) is 5.91 Å². The van der Waals surface area contributed by atoms with Gasteiger partial charge in [0.15, 0.2) is 0 Å². The highest BCUT2D eigenvalue weighted by Crippen LogP contribution is 2.27. The fourth-order valence-corrected chi connectivity index (χ4v) is 4.04. The molecule has 2 aliphatic heterocycles. The van der Waals surface area contributed by atoms with Gasteiger partial charge in [0, 0.05) is 31.1 Å². The Bertz CT molecular complexity index is 792. The zero-order valence-corrected chi connectivity index (χ0v) is 14.9. The van der Waals surface area contributed by atoms with Gasteiger partial charge in [-0.15, -0.1) is 0 Å². The Morgan fingerprint density at radius 2 is 2.16 bits per heavy atom. The van der Waals surface area contributed by atoms with Gasteiger partial charge in [0.05, 0.1) is 23.9 Å². The van der Waals surface area contributed by atoms with E-state index in [1.807, 2.05) is 32.0 Å². The maximum absolute atomic E-state index is 12.6. The molecule has 3 heterocycles. The van der Waals surface area contributed by atoms with Crippen molar-refractivity contribution in [2.45, 2.75) is 45.3 Å². The van der Waals surface area contributed by atoms with Crippen LogP contribution >= 0.6 is 0 Å². The first-order valence-corrected chi connectivity index (χ1v) is 9.22. The smallest absolute Gasteiger partial charge is 0.239 e. The van der Waals surface area contributed by atoms with Crippen LogP contribution in [-0.4, -0.2) is 52.5 Å². The van der Waals surface area contributed by atoms with E-state index >= 15 is 0 Å². The quantitative estimate of drug-likeness (QED) is 0.859. The number of benzene rings is 1. The molecule has 2 atom stereocenters. The van der Waals surface area contributed by atoms with E-state index in [1.165, 1.54) is 0 Å². The van der Waals surface area contributed by atoms with E-state index in [0.717, 1.165) is 54.8 Å². The minimum absolute atomic E-state index is 0.0628. The number of hydrogen-bond acceptors (Lipinski definition) is 4. The molecule has 0 spiro atoms. The molecule has 0 bridgehead atoms. The molecule has 1 aromatic carbocycles. The minimum atomic E-state index is -0.0628. The Labute approximate surface area is 148 Å². The number of aromatic nitrogens is 1. The molecule has 0 saturated carbocycles. The monoisotopic (exact) mass is 339 g/mol. The van der Waals surface area contributed by atoms with Gasteiger partial charge < -0.3 is 9.64 Å². The van der Waals surface area contributed by atoms with Gasteiger partial charge in [-0.1, -0.05) is 6.07 Å². The molecule has 5 heteroatoms. The maximum Gasteiger partial charge on any atom is 0.239 e. The van der Waals surface area contributed by atoms with E-state index in [-0.39, 0.29) is 11.9 Å². The lowest BCUT2D eigenvalue weighted by atomic mass is 10.1. The first-order valence-electron chi connectivity index (χ1n) is 9.22. The second-order valence-corrected chi connectivity index (χ2v) is 7.02. The summed E-state index contributed by atoms with van der Waals surface area (Å²) in [6, 6.07) is 10.5. The van der Waals surface area contributed by atoms with Crippen LogP contribution < -0.4 is 4.74 Å². The number of carbonyl (C=O) groups is 1. The van der Waals surface area contributed by atoms with E-state index in [0.29, 0.717) is 12.6 Å². The first-order chi connectivity index (χ1) is 12.2. The standard InChI is InChI=1S/C20H25N3O2/c1-3-25-18-8-9-19-15(11-18)6-7-16(21-19)12-22-13-17-5-4-10-23(17)20(24)14(22)2/h6-9,11,14,17H,3-5,10,12-13H2,1-2H3/t14-,17+/m0/s1. The largest absolute Gasteiger partial charge is 0.494 e. The Balaban J connectivity index is 1.53. The van der Waals surface area contributed by atoms with Crippen LogP contribution in [0.4, 0.5) is 0 Å². The summed E-state index contributed by atoms with van der Waals surface area (Å²) in [5.74, 6) is 1.15. The number of hydrogen-bond donors (Lipinski definition) is 0. The molecule has 4 rings (SSSR count). The third-order valence-corrected chi connectivity index (χ3v) is 5.41. The van der Waals surface area contributed by atoms with Gasteiger partial charge in [-0.05, 0) is 51.0 Å². The van der Waals surface area contributed by atoms with Crippen molar-refractivity contribution in [2.24, 2.45) is 0 Å². The van der Waals surface area contributed by atoms with E-state index in [9.17, 15) is 4.79 Å². The molecule has 1 aromatic heterocycles. The van der Waals surface area contributed by atoms with Gasteiger partial charge in [0.1, 0.15) is 5.75 Å². The summed E-state index contributed by atoms with van der Waals surface area (Å²) in [6.45, 7) is 7.27. The maximum atomic E-state index is 12.6. The lowest BCUT2D eigenvalue weighted by Crippen LogP contribution is -2.58. The van der Waals surface area contributed by atoms with Crippen molar-refractivity contribution in [2.75, 3.05) is 19.7 Å². The Morgan fingerprint density at radius 3 is 3.00 bits per heavy atom. The summed E-state index contributed by atoms with van der Waals surface area (Å²) < 4.78 is 5.55. The molecule has 0 N–H and O–H groups in total. The summed E-state index contributed by atoms with van der Waals surface area (Å²) in [5, 5.41) is 1.08. The van der Waals surface area contributed by atoms with Crippen LogP contribution in [0.3, 0.4) is 0 Å². The second-order valence-electron chi connectivity index (χ2n) is 7.02. The molecule has 0 radical (unpaired) electrons. The fraction of sp³-hybridized carbons (Fsp3) is 0.500. The van der Waals surface area contributed by atoms with E-state index in [1.54, 1.807) is 0 Å². The van der Waals surface area contributed by atoms with Crippen LogP contribution in [0, 0.1) is 0 Å². The van der Waals surface area contributed by atoms with Crippen molar-refractivity contribution in [3.63, 3.8) is 0 Å². The zero-order valence-electron chi connectivity index (χ0n) is 14.9. The molecule has 1 amide bonds. The second kappa shape index (κ2) is 6.64. The topological polar surface area (TPSA) is 45.7 Å². The van der Waals surface area contributed by atoms with Gasteiger partial charge >= 0.3 is 0 Å². The molecular weight excluding hydrogens is 314 g/mol. The molecule has 25 heavy (non-hydrogen) atoms. The van der Waals surface area contributed by atoms with Crippen molar-refractivity contribution in [3.05, 3.63) is 36.0 Å². The summed E-state index contributed by atoms with van der Waals surface area (Å²) in [5.41, 5.74) is 1.99. The van der Waals surface area contributed by atoms with Crippen molar-refractivity contribution in [1.82, 2.24) is 14.8 Å². The summed E-state index contributed by atoms with van der Waals surface area (Å²) in [6.07, 6.45) is 2.26. The molecule has 5 nitrogen and oxygen atoms in total. The van der Waals surface area contributed by atoms with Gasteiger partial charge in [0.25, 0.3) is 0 Å². The van der Waals surface area contributed by atoms with Crippen LogP contribution in [0.2, 0.25) is 0 Å². The third-order valence-electron chi connectivity index (χ3n) is 5.41. The van der Waals surface area contributed by atoms with Gasteiger partial charge in [-0.2, -0.15) is 0 Å². The van der Waals surface area contributed by atoms with Crippen LogP contribution in [0.1, 0.15) is 32.4 Å². The highest BCUT2D eigenvalue weighted by molar-refractivity contribution is 5.83. The highest BCUT2D eigenvalue weighted by Gasteiger charge is 2.40. The number of carbonyl (C=O) groups excluding carboxylic acids is 1. The highest BCUT2D eigenvalue weighted by atomic mass is 16.5. The average molecular weight is 339 g/mol. The minimum Gasteiger partial charge on any atom is -0.494 e. The summed E-state index contributed by atoms with van der Waals surface area (Å²) >= 11 is 0. The molecule has 0 unspecified atom stereocenters. The summed E-state index contributed by atoms with van der Waals surface area (Å²) in [4.78, 5) is 21.7. The van der Waals surface area contributed by atoms with Crippen LogP contribution in [-0.2, 0) is 11.3 Å². The predicted octanol–water partition coefficient (Wildman–Crippen LogP) is 2.83. The zero-order chi connectivity index (χ0) is 17.4. The molecule has 2 fully saturated rings. The number of amides is 1. The van der Waals surface area contributed by atoms with Gasteiger partial charge in [-0.25, -0.2) is 0 Å². The van der Waals surface area contributed by atoms with Crippen molar-refractivity contribution >= 4 is 16.8 Å². The lowest BCUT2D eigenvalue weighted by Gasteiger charge is -2.41. The fourth-order valence-electron chi connectivity index (χ4n) is 4.04. The Morgan fingerprint density at radius 1 is 1.28 bits per heavy atom. The molecular formula is C20H25N3O2. The molecule has 2 saturated heterocycles. The summed E-state index contributed by atoms with van der Waals surface area (Å²) in [7, 11) is 0. The predicted molar refractivity (Wildman–Crippen MR) is 97.5 cm³/mol. The number of ether oxygens (including phenoxy) is 1. The van der Waals surface area contributed by atoms with Crippen molar-refractivity contribution in [3.8, 4) is 5.75 Å². The molecule has 132 valence electrons. The number of fused-ring (bicyclic) bond motifs is 2. The van der Waals surface area contributed by atoms with Crippen LogP contribution in [0.5, 0.6) is 5.75 Å². The number of nitrogens with zero attached hydrogens (tertiary/aromatic N) is 3. The van der Waals surface area contributed by atoms with Crippen LogP contribution in [0.15, 0.2) is 30.3 Å². The first kappa shape index (κ1) is 16.3. The molecule has 2 aromatic rings. The number of rotatable bonds is 4. The molecule has 0 aliphatic carbocycles. The SMILES string of the molecule is CCOc1ccc2nc(CN3C[C@H]4CCCN4C(=O)[C@@H]3C)ccc2c1.